The van der Waals surface area contributed by atoms with Gasteiger partial charge in [0.15, 0.2) is 6.10 Å². The average molecular weight is 877 g/mol. The summed E-state index contributed by atoms with van der Waals surface area (Å²) < 4.78 is 47.7. The number of carbonyl (C=O) groups excluding carboxylic acids is 2. The molecule has 0 aromatic rings. The van der Waals surface area contributed by atoms with Crippen molar-refractivity contribution in [3.63, 3.8) is 0 Å². The first-order valence-corrected chi connectivity index (χ1v) is 25.0. The smallest absolute Gasteiger partial charge is 0.462 e. The largest absolute Gasteiger partial charge is 0.472 e. The fourth-order valence-electron chi connectivity index (χ4n) is 5.50. The third kappa shape index (κ3) is 43.7. The molecule has 3 atom stereocenters. The van der Waals surface area contributed by atoms with Crippen molar-refractivity contribution in [1.29, 1.82) is 0 Å². The van der Waals surface area contributed by atoms with Crippen LogP contribution in [0.15, 0.2) is 60.8 Å². The minimum Gasteiger partial charge on any atom is -0.462 e. The van der Waals surface area contributed by atoms with Gasteiger partial charge in [0.2, 0.25) is 0 Å². The van der Waals surface area contributed by atoms with Gasteiger partial charge in [-0.3, -0.25) is 23.2 Å². The van der Waals surface area contributed by atoms with Gasteiger partial charge in [-0.05, 0) is 83.5 Å². The highest BCUT2D eigenvalue weighted by Crippen LogP contribution is 2.43. The predicted molar refractivity (Wildman–Crippen MR) is 234 cm³/mol. The molecule has 0 spiro atoms. The Labute approximate surface area is 355 Å². The lowest BCUT2D eigenvalue weighted by molar-refractivity contribution is -0.161. The van der Waals surface area contributed by atoms with Gasteiger partial charge < -0.3 is 29.3 Å². The summed E-state index contributed by atoms with van der Waals surface area (Å²) in [5.41, 5.74) is 0. The molecule has 0 aliphatic carbocycles. The molecule has 4 N–H and O–H groups in total. The molecule has 3 unspecified atom stereocenters. The van der Waals surface area contributed by atoms with E-state index in [-0.39, 0.29) is 12.8 Å². The molecule has 13 nitrogen and oxygen atoms in total. The number of carbonyl (C=O) groups is 2. The zero-order valence-corrected chi connectivity index (χ0v) is 37.9. The zero-order valence-electron chi connectivity index (χ0n) is 36.1. The molecule has 0 aliphatic heterocycles. The molecule has 0 rings (SSSR count). The summed E-state index contributed by atoms with van der Waals surface area (Å²) in [6.45, 7) is 1.66. The van der Waals surface area contributed by atoms with Gasteiger partial charge in [-0.1, -0.05) is 132 Å². The lowest BCUT2D eigenvalue weighted by Crippen LogP contribution is -2.30. The molecule has 0 saturated carbocycles. The molecule has 342 valence electrons. The topological polar surface area (TPSA) is 195 Å². The van der Waals surface area contributed by atoms with E-state index in [1.165, 1.54) is 38.5 Å². The summed E-state index contributed by atoms with van der Waals surface area (Å²) in [5.74, 6) is -1.08. The number of allylic oxidation sites excluding steroid dienone is 10. The van der Waals surface area contributed by atoms with Crippen molar-refractivity contribution in [2.24, 2.45) is 0 Å². The van der Waals surface area contributed by atoms with Gasteiger partial charge in [0, 0.05) is 12.8 Å². The van der Waals surface area contributed by atoms with E-state index in [9.17, 15) is 28.7 Å². The predicted octanol–water partition coefficient (Wildman–Crippen LogP) is 11.2. The van der Waals surface area contributed by atoms with Crippen LogP contribution in [0.1, 0.15) is 168 Å². The minimum absolute atomic E-state index is 0.100. The van der Waals surface area contributed by atoms with E-state index in [1.807, 2.05) is 0 Å². The number of hydrogen-bond donors (Lipinski definition) is 4. The first kappa shape index (κ1) is 56.8. The van der Waals surface area contributed by atoms with Crippen molar-refractivity contribution in [3.05, 3.63) is 60.8 Å². The number of aliphatic hydroxyl groups excluding tert-OH is 1. The number of unbranched alkanes of at least 4 members (excludes halogenated alkanes) is 15. The Morgan fingerprint density at radius 3 is 1.36 bits per heavy atom. The summed E-state index contributed by atoms with van der Waals surface area (Å²) in [5, 5.41) is 9.74. The molecular formula is C44H78O13P2. The Morgan fingerprint density at radius 2 is 0.881 bits per heavy atom. The van der Waals surface area contributed by atoms with Crippen LogP contribution in [0.4, 0.5) is 0 Å². The molecule has 0 saturated heterocycles. The molecule has 0 fully saturated rings. The van der Waals surface area contributed by atoms with Crippen molar-refractivity contribution < 1.29 is 61.6 Å². The van der Waals surface area contributed by atoms with Crippen molar-refractivity contribution in [3.8, 4) is 0 Å². The minimum atomic E-state index is -4.87. The number of aliphatic hydroxyl groups is 1. The maximum atomic E-state index is 12.7. The summed E-state index contributed by atoms with van der Waals surface area (Å²) in [6, 6.07) is 0. The van der Waals surface area contributed by atoms with E-state index in [0.717, 1.165) is 89.9 Å². The first-order chi connectivity index (χ1) is 28.4. The fourth-order valence-corrected chi connectivity index (χ4v) is 6.66. The third-order valence-electron chi connectivity index (χ3n) is 8.87. The average Bonchev–Trinajstić information content (AvgIpc) is 3.19. The van der Waals surface area contributed by atoms with Crippen LogP contribution in [0, 0.1) is 0 Å². The van der Waals surface area contributed by atoms with Gasteiger partial charge in [0.05, 0.1) is 19.8 Å². The molecule has 0 bridgehead atoms. The van der Waals surface area contributed by atoms with Crippen LogP contribution < -0.4 is 0 Å². The van der Waals surface area contributed by atoms with Gasteiger partial charge >= 0.3 is 27.6 Å². The number of hydrogen-bond acceptors (Lipinski definition) is 10. The van der Waals surface area contributed by atoms with Crippen molar-refractivity contribution in [2.75, 3.05) is 26.4 Å². The van der Waals surface area contributed by atoms with Gasteiger partial charge in [-0.2, -0.15) is 0 Å². The molecule has 15 heteroatoms. The van der Waals surface area contributed by atoms with E-state index >= 15 is 0 Å². The second kappa shape index (κ2) is 39.9. The van der Waals surface area contributed by atoms with E-state index in [2.05, 4.69) is 83.7 Å². The highest BCUT2D eigenvalue weighted by atomic mass is 31.2. The number of phosphoric ester groups is 2. The number of phosphoric acid groups is 2. The standard InChI is InChI=1S/C44H78O13P2/c1-3-5-7-9-11-13-15-17-19-20-22-24-26-28-30-32-34-36-44(47)57-42(40-56-59(51,52)55-38-41(45)37-54-58(48,49)50)39-53-43(46)35-33-31-29-27-25-23-21-18-16-14-12-10-8-6-4-2/h11-14,17-19,21-22,24,41-42,45H,3-10,15-16,20,23,25-40H2,1-2H3,(H,51,52)(H2,48,49,50). The second-order valence-electron chi connectivity index (χ2n) is 14.6. The quantitative estimate of drug-likeness (QED) is 0.0196. The maximum Gasteiger partial charge on any atom is 0.472 e. The second-order valence-corrected chi connectivity index (χ2v) is 17.3. The van der Waals surface area contributed by atoms with Crippen LogP contribution in [-0.2, 0) is 41.8 Å². The Balaban J connectivity index is 4.59. The summed E-state index contributed by atoms with van der Waals surface area (Å²) in [6.07, 6.45) is 42.0. The molecule has 59 heavy (non-hydrogen) atoms. The lowest BCUT2D eigenvalue weighted by Gasteiger charge is -2.20. The van der Waals surface area contributed by atoms with Crippen molar-refractivity contribution in [1.82, 2.24) is 0 Å². The lowest BCUT2D eigenvalue weighted by atomic mass is 10.1. The molecular weight excluding hydrogens is 798 g/mol. The van der Waals surface area contributed by atoms with Gasteiger partial charge in [-0.25, -0.2) is 9.13 Å². The highest BCUT2D eigenvalue weighted by Gasteiger charge is 2.28. The monoisotopic (exact) mass is 876 g/mol. The van der Waals surface area contributed by atoms with Crippen LogP contribution >= 0.6 is 15.6 Å². The molecule has 0 aromatic heterocycles. The molecule has 0 radical (unpaired) electrons. The Morgan fingerprint density at radius 1 is 0.492 bits per heavy atom. The van der Waals surface area contributed by atoms with Crippen LogP contribution in [0.25, 0.3) is 0 Å². The van der Waals surface area contributed by atoms with E-state index in [0.29, 0.717) is 12.8 Å². The van der Waals surface area contributed by atoms with Crippen LogP contribution in [0.5, 0.6) is 0 Å². The third-order valence-corrected chi connectivity index (χ3v) is 10.3. The maximum absolute atomic E-state index is 12.7. The van der Waals surface area contributed by atoms with Gasteiger partial charge in [-0.15, -0.1) is 0 Å². The number of rotatable bonds is 41. The van der Waals surface area contributed by atoms with Crippen LogP contribution in [0.3, 0.4) is 0 Å². The Kier molecular flexibility index (Phi) is 38.5. The molecule has 0 amide bonds. The van der Waals surface area contributed by atoms with Crippen molar-refractivity contribution >= 4 is 27.6 Å². The normalized spacial score (nSPS) is 14.6. The Bertz CT molecular complexity index is 1280. The summed E-state index contributed by atoms with van der Waals surface area (Å²) in [4.78, 5) is 52.7. The summed E-state index contributed by atoms with van der Waals surface area (Å²) in [7, 11) is -9.69. The SMILES string of the molecule is CCCCCC=CCC=CCC=CCCCCCCC(=O)OC(COC(=O)CCCCCCCC=CCC=CCCCCC)COP(=O)(O)OCC(O)COP(=O)(O)O. The van der Waals surface area contributed by atoms with Crippen molar-refractivity contribution in [2.45, 2.75) is 180 Å². The first-order valence-electron chi connectivity index (χ1n) is 22.0. The molecule has 0 heterocycles. The summed E-state index contributed by atoms with van der Waals surface area (Å²) >= 11 is 0. The number of ether oxygens (including phenoxy) is 2. The van der Waals surface area contributed by atoms with Gasteiger partial charge in [0.25, 0.3) is 0 Å². The molecule has 0 aliphatic rings. The van der Waals surface area contributed by atoms with Gasteiger partial charge in [0.1, 0.15) is 12.7 Å². The molecule has 0 aromatic carbocycles. The van der Waals surface area contributed by atoms with E-state index in [1.54, 1.807) is 0 Å². The van der Waals surface area contributed by atoms with E-state index < -0.39 is 66.2 Å². The zero-order chi connectivity index (χ0) is 43.7. The number of esters is 2. The highest BCUT2D eigenvalue weighted by molar-refractivity contribution is 7.47. The van der Waals surface area contributed by atoms with Crippen LogP contribution in [-0.4, -0.2) is 70.4 Å². The Hall–Kier alpha value is -2.18. The fraction of sp³-hybridized carbons (Fsp3) is 0.727. The van der Waals surface area contributed by atoms with E-state index in [4.69, 9.17) is 23.8 Å². The van der Waals surface area contributed by atoms with Crippen LogP contribution in [0.2, 0.25) is 0 Å².